The van der Waals surface area contributed by atoms with Gasteiger partial charge in [0.05, 0.1) is 0 Å². The molecule has 0 fully saturated rings. The van der Waals surface area contributed by atoms with Gasteiger partial charge in [-0.15, -0.1) is 0 Å². The number of nitrogens with two attached hydrogens (primary N) is 1. The predicted octanol–water partition coefficient (Wildman–Crippen LogP) is 1.89. The number of anilines is 1. The fraction of sp³-hybridized carbons (Fsp3) is 0.400. The van der Waals surface area contributed by atoms with Crippen molar-refractivity contribution in [2.24, 2.45) is 5.73 Å². The van der Waals surface area contributed by atoms with Crippen LogP contribution in [0.3, 0.4) is 0 Å². The number of nitrogens with one attached hydrogen (secondary N) is 1. The Labute approximate surface area is 72.8 Å². The first kappa shape index (κ1) is 7.62. The topological polar surface area (TPSA) is 38.0 Å². The van der Waals surface area contributed by atoms with E-state index in [-0.39, 0.29) is 6.04 Å². The van der Waals surface area contributed by atoms with Crippen LogP contribution in [-0.4, -0.2) is 6.04 Å². The summed E-state index contributed by atoms with van der Waals surface area (Å²) in [5.41, 5.74) is 8.44. The van der Waals surface area contributed by atoms with Crippen LogP contribution >= 0.6 is 0 Å². The van der Waals surface area contributed by atoms with Gasteiger partial charge in [0.2, 0.25) is 0 Å². The maximum Gasteiger partial charge on any atom is 0.0390 e. The molecule has 3 N–H and O–H groups in total. The average molecular weight is 162 g/mol. The minimum Gasteiger partial charge on any atom is -0.382 e. The molecule has 0 amide bonds. The number of hydrogen-bond donors (Lipinski definition) is 2. The van der Waals surface area contributed by atoms with Gasteiger partial charge < -0.3 is 11.1 Å². The van der Waals surface area contributed by atoms with Gasteiger partial charge in [-0.2, -0.15) is 0 Å². The lowest BCUT2D eigenvalue weighted by atomic mass is 9.95. The first-order valence-electron chi connectivity index (χ1n) is 4.38. The van der Waals surface area contributed by atoms with Crippen LogP contribution in [0, 0.1) is 0 Å². The molecule has 1 aromatic carbocycles. The molecule has 2 heteroatoms. The summed E-state index contributed by atoms with van der Waals surface area (Å²) in [7, 11) is 0. The van der Waals surface area contributed by atoms with Crippen molar-refractivity contribution >= 4 is 5.69 Å². The van der Waals surface area contributed by atoms with Gasteiger partial charge >= 0.3 is 0 Å². The van der Waals surface area contributed by atoms with Gasteiger partial charge in [0.1, 0.15) is 0 Å². The third-order valence-corrected chi connectivity index (χ3v) is 2.37. The third-order valence-electron chi connectivity index (χ3n) is 2.37. The van der Waals surface area contributed by atoms with E-state index in [9.17, 15) is 0 Å². The zero-order valence-electron chi connectivity index (χ0n) is 7.25. The lowest BCUT2D eigenvalue weighted by Gasteiger charge is -2.28. The molecule has 0 bridgehead atoms. The van der Waals surface area contributed by atoms with Crippen LogP contribution in [0.2, 0.25) is 0 Å². The van der Waals surface area contributed by atoms with E-state index in [2.05, 4.69) is 24.4 Å². The minimum absolute atomic E-state index is 0.206. The molecule has 0 aromatic heterocycles. The lowest BCUT2D eigenvalue weighted by Crippen LogP contribution is -2.29. The zero-order valence-corrected chi connectivity index (χ0v) is 7.25. The summed E-state index contributed by atoms with van der Waals surface area (Å²) in [6.45, 7) is 2.16. The Morgan fingerprint density at radius 3 is 3.00 bits per heavy atom. The van der Waals surface area contributed by atoms with Crippen molar-refractivity contribution in [2.45, 2.75) is 25.4 Å². The Bertz CT molecular complexity index is 283. The smallest absolute Gasteiger partial charge is 0.0390 e. The molecule has 1 heterocycles. The van der Waals surface area contributed by atoms with Crippen LogP contribution in [0.1, 0.15) is 24.9 Å². The molecular weight excluding hydrogens is 148 g/mol. The van der Waals surface area contributed by atoms with Gasteiger partial charge in [0.25, 0.3) is 0 Å². The van der Waals surface area contributed by atoms with Crippen molar-refractivity contribution in [2.75, 3.05) is 5.32 Å². The molecule has 0 radical (unpaired) electrons. The molecule has 0 unspecified atom stereocenters. The number of rotatable bonds is 0. The molecule has 2 atom stereocenters. The largest absolute Gasteiger partial charge is 0.382 e. The lowest BCUT2D eigenvalue weighted by molar-refractivity contribution is 0.571. The summed E-state index contributed by atoms with van der Waals surface area (Å²) in [6.07, 6.45) is 1.02. The predicted molar refractivity (Wildman–Crippen MR) is 51.1 cm³/mol. The quantitative estimate of drug-likeness (QED) is 0.611. The normalized spacial score (nSPS) is 27.5. The first-order chi connectivity index (χ1) is 5.77. The number of benzene rings is 1. The fourth-order valence-electron chi connectivity index (χ4n) is 1.78. The van der Waals surface area contributed by atoms with Crippen LogP contribution < -0.4 is 11.1 Å². The maximum absolute atomic E-state index is 6.00. The summed E-state index contributed by atoms with van der Waals surface area (Å²) in [4.78, 5) is 0. The molecule has 1 aromatic rings. The van der Waals surface area contributed by atoms with Gasteiger partial charge in [-0.25, -0.2) is 0 Å². The van der Waals surface area contributed by atoms with Crippen LogP contribution in [0.4, 0.5) is 5.69 Å². The third kappa shape index (κ3) is 1.18. The van der Waals surface area contributed by atoms with Crippen molar-refractivity contribution in [3.8, 4) is 0 Å². The van der Waals surface area contributed by atoms with E-state index in [1.54, 1.807) is 0 Å². The van der Waals surface area contributed by atoms with E-state index >= 15 is 0 Å². The van der Waals surface area contributed by atoms with E-state index < -0.39 is 0 Å². The highest BCUT2D eigenvalue weighted by Crippen LogP contribution is 2.29. The first-order valence-corrected chi connectivity index (χ1v) is 4.38. The Morgan fingerprint density at radius 1 is 1.42 bits per heavy atom. The van der Waals surface area contributed by atoms with Gasteiger partial charge in [-0.1, -0.05) is 18.2 Å². The second kappa shape index (κ2) is 2.79. The molecule has 0 spiro atoms. The van der Waals surface area contributed by atoms with Gasteiger partial charge in [0.15, 0.2) is 0 Å². The van der Waals surface area contributed by atoms with Crippen LogP contribution in [0.25, 0.3) is 0 Å². The van der Waals surface area contributed by atoms with Crippen molar-refractivity contribution in [3.63, 3.8) is 0 Å². The molecule has 0 aliphatic carbocycles. The van der Waals surface area contributed by atoms with E-state index in [1.807, 2.05) is 12.1 Å². The fourth-order valence-corrected chi connectivity index (χ4v) is 1.78. The molecule has 1 aliphatic heterocycles. The van der Waals surface area contributed by atoms with E-state index in [1.165, 1.54) is 11.3 Å². The van der Waals surface area contributed by atoms with Gasteiger partial charge in [0, 0.05) is 17.8 Å². The van der Waals surface area contributed by atoms with E-state index in [0.717, 1.165) is 6.42 Å². The van der Waals surface area contributed by atoms with E-state index in [0.29, 0.717) is 6.04 Å². The molecule has 2 nitrogen and oxygen atoms in total. The molecule has 12 heavy (non-hydrogen) atoms. The summed E-state index contributed by atoms with van der Waals surface area (Å²) in [6, 6.07) is 8.96. The SMILES string of the molecule is C[C@@H]1C[C@H](N)c2ccccc2N1. The van der Waals surface area contributed by atoms with E-state index in [4.69, 9.17) is 5.73 Å². The minimum atomic E-state index is 0.206. The monoisotopic (exact) mass is 162 g/mol. The summed E-state index contributed by atoms with van der Waals surface area (Å²) >= 11 is 0. The molecule has 1 aliphatic rings. The average Bonchev–Trinajstić information content (AvgIpc) is 2.04. The standard InChI is InChI=1S/C10H14N2/c1-7-6-9(11)8-4-2-3-5-10(8)12-7/h2-5,7,9,12H,6,11H2,1H3/t7-,9+/m1/s1. The Kier molecular flexibility index (Phi) is 1.77. The molecular formula is C10H14N2. The summed E-state index contributed by atoms with van der Waals surface area (Å²) in [5.74, 6) is 0. The Hall–Kier alpha value is -1.02. The van der Waals surface area contributed by atoms with Gasteiger partial charge in [-0.3, -0.25) is 0 Å². The number of hydrogen-bond acceptors (Lipinski definition) is 2. The molecule has 0 saturated carbocycles. The Morgan fingerprint density at radius 2 is 2.17 bits per heavy atom. The van der Waals surface area contributed by atoms with Crippen LogP contribution in [-0.2, 0) is 0 Å². The van der Waals surface area contributed by atoms with Crippen molar-refractivity contribution in [1.82, 2.24) is 0 Å². The molecule has 2 rings (SSSR count). The second-order valence-electron chi connectivity index (χ2n) is 3.47. The highest BCUT2D eigenvalue weighted by atomic mass is 14.9. The van der Waals surface area contributed by atoms with Gasteiger partial charge in [-0.05, 0) is 25.0 Å². The highest BCUT2D eigenvalue weighted by molar-refractivity contribution is 5.55. The molecule has 64 valence electrons. The number of para-hydroxylation sites is 1. The van der Waals surface area contributed by atoms with Crippen molar-refractivity contribution < 1.29 is 0 Å². The van der Waals surface area contributed by atoms with Crippen LogP contribution in [0.5, 0.6) is 0 Å². The number of fused-ring (bicyclic) bond motifs is 1. The van der Waals surface area contributed by atoms with Crippen LogP contribution in [0.15, 0.2) is 24.3 Å². The highest BCUT2D eigenvalue weighted by Gasteiger charge is 2.19. The Balaban J connectivity index is 2.40. The van der Waals surface area contributed by atoms with Crippen molar-refractivity contribution in [1.29, 1.82) is 0 Å². The second-order valence-corrected chi connectivity index (χ2v) is 3.47. The maximum atomic E-state index is 6.00. The molecule has 0 saturated heterocycles. The zero-order chi connectivity index (χ0) is 8.55. The summed E-state index contributed by atoms with van der Waals surface area (Å²) < 4.78 is 0. The van der Waals surface area contributed by atoms with Crippen molar-refractivity contribution in [3.05, 3.63) is 29.8 Å². The summed E-state index contributed by atoms with van der Waals surface area (Å²) in [5, 5.41) is 3.41.